The Kier molecular flexibility index (Phi) is 7.85. The Hall–Kier alpha value is -4.33. The van der Waals surface area contributed by atoms with E-state index in [-0.39, 0.29) is 30.7 Å². The van der Waals surface area contributed by atoms with Crippen molar-refractivity contribution in [3.8, 4) is 11.5 Å². The first-order valence-electron chi connectivity index (χ1n) is 11.7. The maximum atomic E-state index is 12.6. The molecule has 1 heterocycles. The molecule has 8 heteroatoms. The summed E-state index contributed by atoms with van der Waals surface area (Å²) in [5.74, 6) is 0.205. The van der Waals surface area contributed by atoms with Gasteiger partial charge in [-0.25, -0.2) is 0 Å². The van der Waals surface area contributed by atoms with E-state index in [1.54, 1.807) is 60.5 Å². The fraction of sp³-hybridized carbons (Fsp3) is 0.250. The second kappa shape index (κ2) is 11.4. The summed E-state index contributed by atoms with van der Waals surface area (Å²) in [7, 11) is 1.56. The minimum absolute atomic E-state index is 0.100. The highest BCUT2D eigenvalue weighted by Crippen LogP contribution is 2.27. The zero-order valence-corrected chi connectivity index (χ0v) is 20.3. The van der Waals surface area contributed by atoms with E-state index < -0.39 is 5.92 Å². The molecule has 0 aromatic heterocycles. The Labute approximate surface area is 210 Å². The Morgan fingerprint density at radius 3 is 2.47 bits per heavy atom. The summed E-state index contributed by atoms with van der Waals surface area (Å²) in [4.78, 5) is 39.0. The minimum Gasteiger partial charge on any atom is -0.497 e. The van der Waals surface area contributed by atoms with Crippen molar-refractivity contribution in [2.45, 2.75) is 19.9 Å². The lowest BCUT2D eigenvalue weighted by atomic mass is 10.1. The van der Waals surface area contributed by atoms with Gasteiger partial charge in [0.15, 0.2) is 6.61 Å². The molecule has 1 aliphatic heterocycles. The molecule has 3 aromatic carbocycles. The summed E-state index contributed by atoms with van der Waals surface area (Å²) in [5, 5.41) is 5.68. The van der Waals surface area contributed by atoms with Gasteiger partial charge in [0.05, 0.1) is 13.0 Å². The highest BCUT2D eigenvalue weighted by Gasteiger charge is 2.35. The number of nitrogens with zero attached hydrogens (tertiary/aromatic N) is 1. The van der Waals surface area contributed by atoms with Crippen LogP contribution in [0.2, 0.25) is 0 Å². The van der Waals surface area contributed by atoms with Crippen molar-refractivity contribution >= 4 is 29.1 Å². The van der Waals surface area contributed by atoms with E-state index in [2.05, 4.69) is 10.6 Å². The van der Waals surface area contributed by atoms with Crippen LogP contribution in [-0.4, -0.2) is 38.0 Å². The lowest BCUT2D eigenvalue weighted by molar-refractivity contribution is -0.126. The van der Waals surface area contributed by atoms with E-state index in [4.69, 9.17) is 9.47 Å². The molecule has 36 heavy (non-hydrogen) atoms. The molecule has 1 aliphatic rings. The van der Waals surface area contributed by atoms with E-state index in [1.807, 2.05) is 31.2 Å². The second-order valence-electron chi connectivity index (χ2n) is 8.67. The summed E-state index contributed by atoms with van der Waals surface area (Å²) in [6.45, 7) is 2.60. The quantitative estimate of drug-likeness (QED) is 0.480. The molecule has 186 valence electrons. The SMILES string of the molecule is COc1cccc(NC(=O)COc2ccc(N3C[C@H](C(=O)NCc4ccc(C)cc4)CC3=O)cc2)c1. The van der Waals surface area contributed by atoms with Crippen LogP contribution in [0.1, 0.15) is 17.5 Å². The molecule has 0 spiro atoms. The van der Waals surface area contributed by atoms with E-state index in [0.29, 0.717) is 36.0 Å². The van der Waals surface area contributed by atoms with Crippen LogP contribution in [0.15, 0.2) is 72.8 Å². The molecule has 3 amide bonds. The van der Waals surface area contributed by atoms with Crippen LogP contribution >= 0.6 is 0 Å². The van der Waals surface area contributed by atoms with Gasteiger partial charge in [0.1, 0.15) is 11.5 Å². The summed E-state index contributed by atoms with van der Waals surface area (Å²) in [6, 6.07) is 21.9. The van der Waals surface area contributed by atoms with Crippen molar-refractivity contribution < 1.29 is 23.9 Å². The minimum atomic E-state index is -0.404. The average molecular weight is 488 g/mol. The number of anilines is 2. The predicted molar refractivity (Wildman–Crippen MR) is 137 cm³/mol. The van der Waals surface area contributed by atoms with Crippen molar-refractivity contribution in [2.24, 2.45) is 5.92 Å². The number of nitrogens with one attached hydrogen (secondary N) is 2. The summed E-state index contributed by atoms with van der Waals surface area (Å²) < 4.78 is 10.7. The molecular formula is C28H29N3O5. The molecule has 2 N–H and O–H groups in total. The lowest BCUT2D eigenvalue weighted by Gasteiger charge is -2.17. The molecule has 8 nitrogen and oxygen atoms in total. The molecule has 1 fully saturated rings. The number of aryl methyl sites for hydroxylation is 1. The molecule has 1 atom stereocenters. The molecule has 0 radical (unpaired) electrons. The van der Waals surface area contributed by atoms with Crippen molar-refractivity contribution in [1.82, 2.24) is 5.32 Å². The number of benzene rings is 3. The number of methoxy groups -OCH3 is 1. The molecule has 0 unspecified atom stereocenters. The predicted octanol–water partition coefficient (Wildman–Crippen LogP) is 3.69. The smallest absolute Gasteiger partial charge is 0.262 e. The van der Waals surface area contributed by atoms with Gasteiger partial charge >= 0.3 is 0 Å². The first-order chi connectivity index (χ1) is 17.4. The molecule has 4 rings (SSSR count). The first-order valence-corrected chi connectivity index (χ1v) is 11.7. The maximum absolute atomic E-state index is 12.6. The van der Waals surface area contributed by atoms with E-state index in [1.165, 1.54) is 0 Å². The van der Waals surface area contributed by atoms with Crippen LogP contribution in [0.4, 0.5) is 11.4 Å². The van der Waals surface area contributed by atoms with Gasteiger partial charge in [-0.15, -0.1) is 0 Å². The normalized spacial score (nSPS) is 14.9. The summed E-state index contributed by atoms with van der Waals surface area (Å²) >= 11 is 0. The first kappa shape index (κ1) is 24.8. The number of carbonyl (C=O) groups excluding carboxylic acids is 3. The number of carbonyl (C=O) groups is 3. The standard InChI is InChI=1S/C28H29N3O5/c1-19-6-8-20(9-7-19)16-29-28(34)21-14-27(33)31(17-21)23-10-12-24(13-11-23)36-18-26(32)30-22-4-3-5-25(15-22)35-2/h3-13,15,21H,14,16-18H2,1-2H3,(H,29,34)(H,30,32)/t21-/m1/s1. The third-order valence-electron chi connectivity index (χ3n) is 5.95. The summed E-state index contributed by atoms with van der Waals surface area (Å²) in [6.07, 6.45) is 0.169. The van der Waals surface area contributed by atoms with E-state index in [0.717, 1.165) is 11.1 Å². The maximum Gasteiger partial charge on any atom is 0.262 e. The molecule has 0 bridgehead atoms. The van der Waals surface area contributed by atoms with Gasteiger partial charge in [-0.1, -0.05) is 35.9 Å². The van der Waals surface area contributed by atoms with Gasteiger partial charge in [0.2, 0.25) is 11.8 Å². The van der Waals surface area contributed by atoms with E-state index >= 15 is 0 Å². The van der Waals surface area contributed by atoms with Crippen molar-refractivity contribution in [1.29, 1.82) is 0 Å². The van der Waals surface area contributed by atoms with Crippen LogP contribution in [0.25, 0.3) is 0 Å². The van der Waals surface area contributed by atoms with Gasteiger partial charge in [0.25, 0.3) is 5.91 Å². The number of hydrogen-bond acceptors (Lipinski definition) is 5. The van der Waals surface area contributed by atoms with Crippen LogP contribution in [-0.2, 0) is 20.9 Å². The topological polar surface area (TPSA) is 97.0 Å². The second-order valence-corrected chi connectivity index (χ2v) is 8.67. The van der Waals surface area contributed by atoms with Crippen LogP contribution < -0.4 is 25.0 Å². The number of amides is 3. The molecule has 3 aromatic rings. The number of hydrogen-bond donors (Lipinski definition) is 2. The van der Waals surface area contributed by atoms with Crippen molar-refractivity contribution in [2.75, 3.05) is 30.5 Å². The molecular weight excluding hydrogens is 458 g/mol. The van der Waals surface area contributed by atoms with Gasteiger partial charge in [-0.2, -0.15) is 0 Å². The lowest BCUT2D eigenvalue weighted by Crippen LogP contribution is -2.32. The Balaban J connectivity index is 1.26. The highest BCUT2D eigenvalue weighted by atomic mass is 16.5. The summed E-state index contributed by atoms with van der Waals surface area (Å²) in [5.41, 5.74) is 3.48. The largest absolute Gasteiger partial charge is 0.497 e. The van der Waals surface area contributed by atoms with Crippen LogP contribution in [0.5, 0.6) is 11.5 Å². The monoisotopic (exact) mass is 487 g/mol. The van der Waals surface area contributed by atoms with Gasteiger partial charge < -0.3 is 25.0 Å². The van der Waals surface area contributed by atoms with E-state index in [9.17, 15) is 14.4 Å². The molecule has 0 saturated carbocycles. The molecule has 0 aliphatic carbocycles. The third-order valence-corrected chi connectivity index (χ3v) is 5.95. The third kappa shape index (κ3) is 6.41. The Morgan fingerprint density at radius 2 is 1.75 bits per heavy atom. The van der Waals surface area contributed by atoms with Crippen molar-refractivity contribution in [3.05, 3.63) is 83.9 Å². The van der Waals surface area contributed by atoms with Crippen LogP contribution in [0, 0.1) is 12.8 Å². The zero-order valence-electron chi connectivity index (χ0n) is 20.3. The molecule has 1 saturated heterocycles. The fourth-order valence-corrected chi connectivity index (χ4v) is 3.94. The Morgan fingerprint density at radius 1 is 1.00 bits per heavy atom. The number of ether oxygens (including phenoxy) is 2. The van der Waals surface area contributed by atoms with Gasteiger partial charge in [0, 0.05) is 37.0 Å². The average Bonchev–Trinajstić information content (AvgIpc) is 3.29. The highest BCUT2D eigenvalue weighted by molar-refractivity contribution is 6.00. The van der Waals surface area contributed by atoms with Crippen LogP contribution in [0.3, 0.4) is 0 Å². The van der Waals surface area contributed by atoms with Gasteiger partial charge in [-0.05, 0) is 48.9 Å². The Bertz CT molecular complexity index is 1220. The number of rotatable bonds is 9. The van der Waals surface area contributed by atoms with Crippen molar-refractivity contribution in [3.63, 3.8) is 0 Å². The fourth-order valence-electron chi connectivity index (χ4n) is 3.94. The van der Waals surface area contributed by atoms with Gasteiger partial charge in [-0.3, -0.25) is 14.4 Å². The zero-order chi connectivity index (χ0) is 25.5.